The number of hydrogen-bond donors (Lipinski definition) is 3. The van der Waals surface area contributed by atoms with Crippen LogP contribution < -0.4 is 20.7 Å². The molecule has 1 saturated heterocycles. The van der Waals surface area contributed by atoms with Gasteiger partial charge in [0.25, 0.3) is 5.91 Å². The van der Waals surface area contributed by atoms with Crippen molar-refractivity contribution in [2.24, 2.45) is 0 Å². The number of aromatic nitrogens is 3. The van der Waals surface area contributed by atoms with E-state index in [1.165, 1.54) is 37.4 Å². The van der Waals surface area contributed by atoms with Gasteiger partial charge in [-0.2, -0.15) is 14.4 Å². The SMILES string of the molecule is C1CCOC1.COc1nc(F)cc(Nc2ccc3c(ccc4sc5c(c43)NC[C@@H](C)NC5=O)n2)n1. The Morgan fingerprint density at radius 3 is 2.71 bits per heavy atom. The van der Waals surface area contributed by atoms with Crippen LogP contribution in [-0.2, 0) is 4.74 Å². The van der Waals surface area contributed by atoms with E-state index in [1.807, 2.05) is 25.1 Å². The van der Waals surface area contributed by atoms with E-state index < -0.39 is 5.95 Å². The molecule has 0 saturated carbocycles. The summed E-state index contributed by atoms with van der Waals surface area (Å²) < 4.78 is 24.5. The zero-order chi connectivity index (χ0) is 24.4. The molecule has 3 aromatic heterocycles. The van der Waals surface area contributed by atoms with Crippen LogP contribution in [0.5, 0.6) is 6.01 Å². The second kappa shape index (κ2) is 9.96. The van der Waals surface area contributed by atoms with Gasteiger partial charge in [0.2, 0.25) is 5.95 Å². The summed E-state index contributed by atoms with van der Waals surface area (Å²) in [6.45, 7) is 4.61. The molecule has 0 radical (unpaired) electrons. The van der Waals surface area contributed by atoms with Crippen LogP contribution in [-0.4, -0.2) is 53.8 Å². The van der Waals surface area contributed by atoms with E-state index in [4.69, 9.17) is 9.47 Å². The second-order valence-corrected chi connectivity index (χ2v) is 9.32. The van der Waals surface area contributed by atoms with Crippen molar-refractivity contribution in [1.82, 2.24) is 20.3 Å². The normalized spacial score (nSPS) is 17.1. The monoisotopic (exact) mass is 496 g/mol. The molecular weight excluding hydrogens is 471 g/mol. The summed E-state index contributed by atoms with van der Waals surface area (Å²) in [4.78, 5) is 25.5. The number of carbonyl (C=O) groups is 1. The molecule has 1 amide bonds. The van der Waals surface area contributed by atoms with E-state index in [0.29, 0.717) is 17.2 Å². The molecule has 9 nitrogen and oxygen atoms in total. The number of thiophene rings is 1. The number of fused-ring (bicyclic) bond motifs is 5. The van der Waals surface area contributed by atoms with Gasteiger partial charge in [0.1, 0.15) is 16.5 Å². The van der Waals surface area contributed by atoms with Gasteiger partial charge in [-0.25, -0.2) is 4.98 Å². The largest absolute Gasteiger partial charge is 0.467 e. The van der Waals surface area contributed by atoms with Crippen molar-refractivity contribution in [1.29, 1.82) is 0 Å². The Balaban J connectivity index is 0.000000453. The third kappa shape index (κ3) is 4.96. The summed E-state index contributed by atoms with van der Waals surface area (Å²) in [6, 6.07) is 8.72. The predicted octanol–water partition coefficient (Wildman–Crippen LogP) is 4.47. The summed E-state index contributed by atoms with van der Waals surface area (Å²) in [6.07, 6.45) is 2.56. The van der Waals surface area contributed by atoms with Gasteiger partial charge in [-0.1, -0.05) is 0 Å². The van der Waals surface area contributed by atoms with E-state index in [0.717, 1.165) is 39.9 Å². The Bertz CT molecular complexity index is 1380. The van der Waals surface area contributed by atoms with Gasteiger partial charge in [0, 0.05) is 47.3 Å². The molecule has 35 heavy (non-hydrogen) atoms. The summed E-state index contributed by atoms with van der Waals surface area (Å²) in [7, 11) is 1.37. The van der Waals surface area contributed by atoms with E-state index in [1.54, 1.807) is 6.07 Å². The van der Waals surface area contributed by atoms with Crippen molar-refractivity contribution >= 4 is 55.6 Å². The quantitative estimate of drug-likeness (QED) is 0.357. The third-order valence-electron chi connectivity index (χ3n) is 5.63. The summed E-state index contributed by atoms with van der Waals surface area (Å²) in [5.74, 6) is -0.0270. The minimum Gasteiger partial charge on any atom is -0.467 e. The van der Waals surface area contributed by atoms with Crippen LogP contribution >= 0.6 is 11.3 Å². The first-order valence-corrected chi connectivity index (χ1v) is 12.2. The minimum atomic E-state index is -0.702. The van der Waals surface area contributed by atoms with Crippen molar-refractivity contribution in [3.63, 3.8) is 0 Å². The third-order valence-corrected chi connectivity index (χ3v) is 6.79. The van der Waals surface area contributed by atoms with Crippen LogP contribution in [0.15, 0.2) is 30.3 Å². The number of benzene rings is 1. The molecule has 0 aliphatic carbocycles. The Morgan fingerprint density at radius 2 is 1.97 bits per heavy atom. The fourth-order valence-corrected chi connectivity index (χ4v) is 5.09. The van der Waals surface area contributed by atoms with Crippen LogP contribution in [0.3, 0.4) is 0 Å². The molecule has 2 aliphatic rings. The lowest BCUT2D eigenvalue weighted by Crippen LogP contribution is -2.34. The standard InChI is InChI=1S/C20H17FN6O2S.C4H8O/c1-9-8-22-17-16-10-3-6-14(26-15-7-13(21)25-20(27-15)29-2)24-11(10)4-5-12(16)30-18(17)19(28)23-9;1-2-4-5-3-1/h3-7,9,22H,8H2,1-2H3,(H,23,28)(H,24,25,26,27);1-4H2/t9-;/m1./s1. The summed E-state index contributed by atoms with van der Waals surface area (Å²) in [5, 5.41) is 11.3. The molecule has 0 unspecified atom stereocenters. The average molecular weight is 497 g/mol. The van der Waals surface area contributed by atoms with Crippen molar-refractivity contribution in [2.45, 2.75) is 25.8 Å². The molecule has 3 N–H and O–H groups in total. The fraction of sp³-hybridized carbons (Fsp3) is 0.333. The van der Waals surface area contributed by atoms with Crippen LogP contribution in [0, 0.1) is 5.95 Å². The van der Waals surface area contributed by atoms with Crippen LogP contribution in [0.4, 0.5) is 21.7 Å². The van der Waals surface area contributed by atoms with Crippen molar-refractivity contribution in [2.75, 3.05) is 37.5 Å². The zero-order valence-electron chi connectivity index (χ0n) is 19.4. The van der Waals surface area contributed by atoms with Crippen LogP contribution in [0.1, 0.15) is 29.4 Å². The molecule has 1 aromatic carbocycles. The highest BCUT2D eigenvalue weighted by molar-refractivity contribution is 7.21. The molecular formula is C24H25FN6O3S. The lowest BCUT2D eigenvalue weighted by molar-refractivity contribution is 0.0949. The Hall–Kier alpha value is -3.57. The maximum atomic E-state index is 13.6. The van der Waals surface area contributed by atoms with Gasteiger partial charge in [-0.05, 0) is 44.0 Å². The number of methoxy groups -OCH3 is 1. The maximum Gasteiger partial charge on any atom is 0.320 e. The van der Waals surface area contributed by atoms with Crippen molar-refractivity contribution in [3.8, 4) is 6.01 Å². The van der Waals surface area contributed by atoms with E-state index in [9.17, 15) is 9.18 Å². The molecule has 5 heterocycles. The number of amides is 1. The molecule has 1 atom stereocenters. The van der Waals surface area contributed by atoms with Crippen LogP contribution in [0.2, 0.25) is 0 Å². The maximum absolute atomic E-state index is 13.6. The number of ether oxygens (including phenoxy) is 2. The van der Waals surface area contributed by atoms with Gasteiger partial charge in [0.05, 0.1) is 18.3 Å². The first kappa shape index (κ1) is 23.2. The van der Waals surface area contributed by atoms with Gasteiger partial charge in [-0.3, -0.25) is 4.79 Å². The average Bonchev–Trinajstić information content (AvgIpc) is 3.52. The first-order valence-electron chi connectivity index (χ1n) is 11.4. The Labute approximate surface area is 205 Å². The molecule has 182 valence electrons. The number of anilines is 3. The highest BCUT2D eigenvalue weighted by Crippen LogP contribution is 2.41. The highest BCUT2D eigenvalue weighted by Gasteiger charge is 2.24. The smallest absolute Gasteiger partial charge is 0.320 e. The van der Waals surface area contributed by atoms with Crippen molar-refractivity contribution < 1.29 is 18.7 Å². The van der Waals surface area contributed by atoms with Gasteiger partial charge in [-0.15, -0.1) is 11.3 Å². The number of hydrogen-bond acceptors (Lipinski definition) is 9. The molecule has 0 spiro atoms. The predicted molar refractivity (Wildman–Crippen MR) is 134 cm³/mol. The number of carbonyl (C=O) groups excluding carboxylic acids is 1. The molecule has 1 fully saturated rings. The zero-order valence-corrected chi connectivity index (χ0v) is 20.2. The number of nitrogens with one attached hydrogen (secondary N) is 3. The fourth-order valence-electron chi connectivity index (χ4n) is 3.99. The van der Waals surface area contributed by atoms with Crippen LogP contribution in [0.25, 0.3) is 21.0 Å². The second-order valence-electron chi connectivity index (χ2n) is 8.27. The molecule has 2 aliphatic heterocycles. The molecule has 0 bridgehead atoms. The van der Waals surface area contributed by atoms with E-state index in [2.05, 4.69) is 30.9 Å². The Morgan fingerprint density at radius 1 is 1.14 bits per heavy atom. The Kier molecular flexibility index (Phi) is 6.60. The van der Waals surface area contributed by atoms with Gasteiger partial charge in [0.15, 0.2) is 0 Å². The van der Waals surface area contributed by atoms with Gasteiger partial charge >= 0.3 is 6.01 Å². The summed E-state index contributed by atoms with van der Waals surface area (Å²) >= 11 is 1.46. The topological polar surface area (TPSA) is 110 Å². The lowest BCUT2D eigenvalue weighted by Gasteiger charge is -2.10. The number of nitrogens with zero attached hydrogens (tertiary/aromatic N) is 3. The van der Waals surface area contributed by atoms with Crippen molar-refractivity contribution in [3.05, 3.63) is 41.2 Å². The summed E-state index contributed by atoms with van der Waals surface area (Å²) in [5.41, 5.74) is 1.58. The minimum absolute atomic E-state index is 0.0429. The van der Waals surface area contributed by atoms with E-state index >= 15 is 0 Å². The molecule has 11 heteroatoms. The highest BCUT2D eigenvalue weighted by atomic mass is 32.1. The number of rotatable bonds is 3. The first-order chi connectivity index (χ1) is 17.0. The molecule has 4 aromatic rings. The number of halogens is 1. The molecule has 6 rings (SSSR count). The van der Waals surface area contributed by atoms with E-state index in [-0.39, 0.29) is 23.8 Å². The van der Waals surface area contributed by atoms with Gasteiger partial charge < -0.3 is 25.4 Å². The number of pyridine rings is 1. The lowest BCUT2D eigenvalue weighted by atomic mass is 10.1.